The molecule has 0 radical (unpaired) electrons. The maximum atomic E-state index is 11.7. The minimum Gasteiger partial charge on any atom is -0.454 e. The number of hydrogen-bond acceptors (Lipinski definition) is 4. The Kier molecular flexibility index (Phi) is 3.63. The Morgan fingerprint density at radius 2 is 2.00 bits per heavy atom. The number of nitrogens with one attached hydrogen (secondary N) is 2. The van der Waals surface area contributed by atoms with Gasteiger partial charge in [0, 0.05) is 31.9 Å². The number of fused-ring (bicyclic) bond motifs is 1. The number of nitrogens with zero attached hydrogens (tertiary/aromatic N) is 2. The molecule has 0 bridgehead atoms. The van der Waals surface area contributed by atoms with E-state index < -0.39 is 0 Å². The Balaban J connectivity index is 1.47. The van der Waals surface area contributed by atoms with Crippen LogP contribution in [-0.4, -0.2) is 22.6 Å². The molecular weight excluding hydrogens is 272 g/mol. The summed E-state index contributed by atoms with van der Waals surface area (Å²) in [5, 5.41) is 9.61. The Morgan fingerprint density at radius 1 is 1.24 bits per heavy atom. The van der Waals surface area contributed by atoms with Crippen LogP contribution < -0.4 is 20.1 Å². The Hall–Kier alpha value is -2.70. The SMILES string of the molecule is Cn1cc(CNC(=O)NCc2ccc3c(c2)OCO3)cn1. The van der Waals surface area contributed by atoms with Gasteiger partial charge >= 0.3 is 6.03 Å². The molecule has 0 fully saturated rings. The molecule has 1 aromatic heterocycles. The highest BCUT2D eigenvalue weighted by atomic mass is 16.7. The maximum absolute atomic E-state index is 11.7. The average Bonchev–Trinajstić information content (AvgIpc) is 3.10. The highest BCUT2D eigenvalue weighted by Crippen LogP contribution is 2.32. The number of carbonyl (C=O) groups is 1. The van der Waals surface area contributed by atoms with Gasteiger partial charge in [-0.25, -0.2) is 4.79 Å². The number of carbonyl (C=O) groups excluding carboxylic acids is 1. The molecule has 21 heavy (non-hydrogen) atoms. The summed E-state index contributed by atoms with van der Waals surface area (Å²) >= 11 is 0. The van der Waals surface area contributed by atoms with Gasteiger partial charge in [0.25, 0.3) is 0 Å². The summed E-state index contributed by atoms with van der Waals surface area (Å²) in [6.07, 6.45) is 3.58. The van der Waals surface area contributed by atoms with Crippen LogP contribution in [0.3, 0.4) is 0 Å². The number of hydrogen-bond donors (Lipinski definition) is 2. The van der Waals surface area contributed by atoms with Gasteiger partial charge in [0.1, 0.15) is 0 Å². The fourth-order valence-electron chi connectivity index (χ4n) is 2.04. The number of ether oxygens (including phenoxy) is 2. The minimum absolute atomic E-state index is 0.225. The fourth-order valence-corrected chi connectivity index (χ4v) is 2.04. The van der Waals surface area contributed by atoms with Gasteiger partial charge in [0.15, 0.2) is 11.5 Å². The van der Waals surface area contributed by atoms with Gasteiger partial charge in [-0.1, -0.05) is 6.07 Å². The Morgan fingerprint density at radius 3 is 2.76 bits per heavy atom. The average molecular weight is 288 g/mol. The monoisotopic (exact) mass is 288 g/mol. The molecule has 2 amide bonds. The zero-order chi connectivity index (χ0) is 14.7. The molecule has 2 N–H and O–H groups in total. The van der Waals surface area contributed by atoms with Crippen molar-refractivity contribution >= 4 is 6.03 Å². The Labute approximate surface area is 121 Å². The molecule has 0 aliphatic carbocycles. The summed E-state index contributed by atoms with van der Waals surface area (Å²) in [5.41, 5.74) is 1.91. The topological polar surface area (TPSA) is 77.4 Å². The third-order valence-corrected chi connectivity index (χ3v) is 3.10. The van der Waals surface area contributed by atoms with Crippen LogP contribution in [0, 0.1) is 0 Å². The number of aryl methyl sites for hydroxylation is 1. The number of benzene rings is 1. The normalized spacial score (nSPS) is 12.2. The summed E-state index contributed by atoms with van der Waals surface area (Å²) in [7, 11) is 1.84. The van der Waals surface area contributed by atoms with Crippen LogP contribution in [0.1, 0.15) is 11.1 Å². The fraction of sp³-hybridized carbons (Fsp3) is 0.286. The van der Waals surface area contributed by atoms with Crippen molar-refractivity contribution < 1.29 is 14.3 Å². The second-order valence-electron chi connectivity index (χ2n) is 4.75. The van der Waals surface area contributed by atoms with Gasteiger partial charge in [-0.05, 0) is 17.7 Å². The third-order valence-electron chi connectivity index (χ3n) is 3.10. The molecule has 7 heteroatoms. The molecule has 7 nitrogen and oxygen atoms in total. The Bertz CT molecular complexity index is 653. The van der Waals surface area contributed by atoms with Gasteiger partial charge < -0.3 is 20.1 Å². The largest absolute Gasteiger partial charge is 0.454 e. The summed E-state index contributed by atoms with van der Waals surface area (Å²) in [4.78, 5) is 11.7. The highest BCUT2D eigenvalue weighted by Gasteiger charge is 2.13. The van der Waals surface area contributed by atoms with Crippen molar-refractivity contribution in [1.82, 2.24) is 20.4 Å². The molecule has 1 aromatic carbocycles. The van der Waals surface area contributed by atoms with Gasteiger partial charge in [-0.2, -0.15) is 5.10 Å². The van der Waals surface area contributed by atoms with Crippen molar-refractivity contribution in [3.8, 4) is 11.5 Å². The maximum Gasteiger partial charge on any atom is 0.315 e. The van der Waals surface area contributed by atoms with Gasteiger partial charge in [0.2, 0.25) is 6.79 Å². The molecule has 3 rings (SSSR count). The number of amides is 2. The molecular formula is C14H16N4O3. The number of urea groups is 1. The first-order valence-corrected chi connectivity index (χ1v) is 6.58. The first-order chi connectivity index (χ1) is 10.2. The van der Waals surface area contributed by atoms with E-state index in [1.54, 1.807) is 10.9 Å². The van der Waals surface area contributed by atoms with Crippen LogP contribution in [0.15, 0.2) is 30.6 Å². The second kappa shape index (κ2) is 5.74. The van der Waals surface area contributed by atoms with E-state index in [-0.39, 0.29) is 12.8 Å². The third kappa shape index (κ3) is 3.25. The van der Waals surface area contributed by atoms with Crippen LogP contribution in [0.5, 0.6) is 11.5 Å². The van der Waals surface area contributed by atoms with E-state index in [0.29, 0.717) is 18.8 Å². The van der Waals surface area contributed by atoms with Gasteiger partial charge in [0.05, 0.1) is 6.20 Å². The van der Waals surface area contributed by atoms with Crippen LogP contribution in [0.4, 0.5) is 4.79 Å². The second-order valence-corrected chi connectivity index (χ2v) is 4.75. The van der Waals surface area contributed by atoms with Crippen molar-refractivity contribution in [2.45, 2.75) is 13.1 Å². The predicted molar refractivity (Wildman–Crippen MR) is 74.8 cm³/mol. The van der Waals surface area contributed by atoms with E-state index in [2.05, 4.69) is 15.7 Å². The summed E-state index contributed by atoms with van der Waals surface area (Å²) < 4.78 is 12.2. The summed E-state index contributed by atoms with van der Waals surface area (Å²) in [6, 6.07) is 5.38. The van der Waals surface area contributed by atoms with E-state index in [1.165, 1.54) is 0 Å². The van der Waals surface area contributed by atoms with E-state index in [4.69, 9.17) is 9.47 Å². The first kappa shape index (κ1) is 13.3. The molecule has 2 aromatic rings. The standard InChI is InChI=1S/C14H16N4O3/c1-18-8-11(7-17-18)6-16-14(19)15-5-10-2-3-12-13(4-10)21-9-20-12/h2-4,7-8H,5-6,9H2,1H3,(H2,15,16,19). The molecule has 110 valence electrons. The summed E-state index contributed by atoms with van der Waals surface area (Å²) in [5.74, 6) is 1.45. The lowest BCUT2D eigenvalue weighted by Crippen LogP contribution is -2.34. The van der Waals surface area contributed by atoms with E-state index >= 15 is 0 Å². The van der Waals surface area contributed by atoms with Crippen LogP contribution >= 0.6 is 0 Å². The van der Waals surface area contributed by atoms with Crippen LogP contribution in [0.25, 0.3) is 0 Å². The van der Waals surface area contributed by atoms with Gasteiger partial charge in [-0.15, -0.1) is 0 Å². The molecule has 0 unspecified atom stereocenters. The van der Waals surface area contributed by atoms with Crippen molar-refractivity contribution in [2.24, 2.45) is 7.05 Å². The molecule has 0 atom stereocenters. The molecule has 1 aliphatic rings. The van der Waals surface area contributed by atoms with Crippen molar-refractivity contribution in [3.63, 3.8) is 0 Å². The predicted octanol–water partition coefficient (Wildman–Crippen LogP) is 1.15. The highest BCUT2D eigenvalue weighted by molar-refractivity contribution is 5.73. The number of aromatic nitrogens is 2. The zero-order valence-corrected chi connectivity index (χ0v) is 11.6. The zero-order valence-electron chi connectivity index (χ0n) is 11.6. The summed E-state index contributed by atoms with van der Waals surface area (Å²) in [6.45, 7) is 1.12. The van der Waals surface area contributed by atoms with E-state index in [1.807, 2.05) is 31.4 Å². The van der Waals surface area contributed by atoms with Crippen LogP contribution in [0.2, 0.25) is 0 Å². The van der Waals surface area contributed by atoms with Crippen molar-refractivity contribution in [1.29, 1.82) is 0 Å². The molecule has 0 saturated heterocycles. The van der Waals surface area contributed by atoms with Crippen LogP contribution in [-0.2, 0) is 20.1 Å². The molecule has 2 heterocycles. The van der Waals surface area contributed by atoms with Gasteiger partial charge in [-0.3, -0.25) is 4.68 Å². The minimum atomic E-state index is -0.225. The molecule has 0 saturated carbocycles. The molecule has 1 aliphatic heterocycles. The van der Waals surface area contributed by atoms with Crippen molar-refractivity contribution in [2.75, 3.05) is 6.79 Å². The van der Waals surface area contributed by atoms with Crippen molar-refractivity contribution in [3.05, 3.63) is 41.7 Å². The quantitative estimate of drug-likeness (QED) is 0.884. The van der Waals surface area contributed by atoms with E-state index in [9.17, 15) is 4.79 Å². The lowest BCUT2D eigenvalue weighted by Gasteiger charge is -2.07. The number of rotatable bonds is 4. The lowest BCUT2D eigenvalue weighted by molar-refractivity contribution is 0.174. The molecule has 0 spiro atoms. The first-order valence-electron chi connectivity index (χ1n) is 6.58. The van der Waals surface area contributed by atoms with E-state index in [0.717, 1.165) is 16.9 Å². The smallest absolute Gasteiger partial charge is 0.315 e. The lowest BCUT2D eigenvalue weighted by atomic mass is 10.2.